The summed E-state index contributed by atoms with van der Waals surface area (Å²) in [5.74, 6) is 1.30. The highest BCUT2D eigenvalue weighted by Gasteiger charge is 2.61. The summed E-state index contributed by atoms with van der Waals surface area (Å²) in [5, 5.41) is 16.1. The Morgan fingerprint density at radius 1 is 1.19 bits per heavy atom. The van der Waals surface area contributed by atoms with Gasteiger partial charge in [-0.3, -0.25) is 14.5 Å². The first-order valence-electron chi connectivity index (χ1n) is 9.85. The second kappa shape index (κ2) is 6.67. The fourth-order valence-corrected chi connectivity index (χ4v) is 7.00. The van der Waals surface area contributed by atoms with E-state index in [-0.39, 0.29) is 40.8 Å². The number of rotatable bonds is 4. The molecule has 2 unspecified atom stereocenters. The summed E-state index contributed by atoms with van der Waals surface area (Å²) >= 11 is 1.23. The normalized spacial score (nSPS) is 44.3. The van der Waals surface area contributed by atoms with Gasteiger partial charge in [0.25, 0.3) is 5.24 Å². The van der Waals surface area contributed by atoms with Crippen LogP contribution < -0.4 is 10.6 Å². The van der Waals surface area contributed by atoms with E-state index >= 15 is 0 Å². The molecule has 4 aliphatic carbocycles. The molecule has 5 aliphatic rings. The summed E-state index contributed by atoms with van der Waals surface area (Å²) in [5.41, 5.74) is -0.493. The van der Waals surface area contributed by atoms with Gasteiger partial charge in [0.1, 0.15) is 0 Å². The number of thioether (sulfide) groups is 1. The molecule has 2 amide bonds. The molecule has 3 N–H and O–H groups in total. The Labute approximate surface area is 159 Å². The van der Waals surface area contributed by atoms with E-state index in [4.69, 9.17) is 0 Å². The summed E-state index contributed by atoms with van der Waals surface area (Å²) in [6.45, 7) is 0.941. The number of likely N-dealkylation sites (N-methyl/N-ethyl adjacent to an activating group) is 1. The molecule has 4 bridgehead atoms. The van der Waals surface area contributed by atoms with Crippen LogP contribution in [0.2, 0.25) is 0 Å². The molecule has 0 aromatic rings. The van der Waals surface area contributed by atoms with Crippen molar-refractivity contribution < 1.29 is 14.7 Å². The summed E-state index contributed by atoms with van der Waals surface area (Å²) in [6.07, 6.45) is 8.63. The molecule has 5 rings (SSSR count). The lowest BCUT2D eigenvalue weighted by molar-refractivity contribution is -0.150. The predicted molar refractivity (Wildman–Crippen MR) is 102 cm³/mol. The van der Waals surface area contributed by atoms with Crippen molar-refractivity contribution in [3.63, 3.8) is 0 Å². The number of amides is 2. The van der Waals surface area contributed by atoms with E-state index in [0.717, 1.165) is 45.1 Å². The van der Waals surface area contributed by atoms with Crippen molar-refractivity contribution in [1.29, 1.82) is 0 Å². The first-order valence-corrected chi connectivity index (χ1v) is 11.1. The number of carbonyl (C=O) groups excluding carboxylic acids is 2. The van der Waals surface area contributed by atoms with Gasteiger partial charge in [-0.15, -0.1) is 0 Å². The Kier molecular flexibility index (Phi) is 4.77. The standard InChI is InChI=1S/C19H31N3O3S/c1-22-9-14(4-15(22)10-23)20-16(24)18-5-12-3-13(6-18)8-19(7-12,11-18)21-17(25)26-2/h12-15,23H,3-11H2,1-2H3,(H,20,24)(H,21,25)/t12-,13+,14-,15+,18?,19?/m1/s1. The number of likely N-dealkylation sites (tertiary alicyclic amines) is 1. The van der Waals surface area contributed by atoms with Crippen LogP contribution in [0.4, 0.5) is 4.79 Å². The maximum atomic E-state index is 13.3. The Hall–Kier alpha value is -0.790. The third-order valence-electron chi connectivity index (χ3n) is 7.33. The lowest BCUT2D eigenvalue weighted by Crippen LogP contribution is -2.66. The number of hydrogen-bond acceptors (Lipinski definition) is 5. The zero-order valence-corrected chi connectivity index (χ0v) is 16.6. The lowest BCUT2D eigenvalue weighted by Gasteiger charge is -2.61. The minimum Gasteiger partial charge on any atom is -0.395 e. The number of nitrogens with one attached hydrogen (secondary N) is 2. The fourth-order valence-electron chi connectivity index (χ4n) is 6.68. The smallest absolute Gasteiger partial charge is 0.279 e. The molecule has 146 valence electrons. The van der Waals surface area contributed by atoms with Gasteiger partial charge in [0.05, 0.1) is 12.0 Å². The summed E-state index contributed by atoms with van der Waals surface area (Å²) in [7, 11) is 2.00. The van der Waals surface area contributed by atoms with Gasteiger partial charge < -0.3 is 15.7 Å². The molecule has 0 radical (unpaired) electrons. The average Bonchev–Trinajstić information content (AvgIpc) is 2.92. The zero-order chi connectivity index (χ0) is 18.5. The van der Waals surface area contributed by atoms with Crippen molar-refractivity contribution in [2.75, 3.05) is 26.5 Å². The number of nitrogens with zero attached hydrogens (tertiary/aromatic N) is 1. The van der Waals surface area contributed by atoms with Crippen LogP contribution in [0.1, 0.15) is 44.9 Å². The Morgan fingerprint density at radius 3 is 2.46 bits per heavy atom. The van der Waals surface area contributed by atoms with Crippen molar-refractivity contribution >= 4 is 22.9 Å². The van der Waals surface area contributed by atoms with Gasteiger partial charge in [-0.2, -0.15) is 0 Å². The van der Waals surface area contributed by atoms with Crippen LogP contribution in [0.15, 0.2) is 0 Å². The quantitative estimate of drug-likeness (QED) is 0.689. The van der Waals surface area contributed by atoms with Crippen molar-refractivity contribution in [3.8, 4) is 0 Å². The summed E-state index contributed by atoms with van der Waals surface area (Å²) in [4.78, 5) is 27.5. The van der Waals surface area contributed by atoms with Gasteiger partial charge in [0.2, 0.25) is 5.91 Å². The molecule has 0 aromatic carbocycles. The molecule has 7 heteroatoms. The van der Waals surface area contributed by atoms with Gasteiger partial charge >= 0.3 is 0 Å². The fraction of sp³-hybridized carbons (Fsp3) is 0.895. The second-order valence-electron chi connectivity index (χ2n) is 9.32. The predicted octanol–water partition coefficient (Wildman–Crippen LogP) is 1.58. The lowest BCUT2D eigenvalue weighted by atomic mass is 9.46. The molecular formula is C19H31N3O3S. The van der Waals surface area contributed by atoms with Crippen molar-refractivity contribution in [3.05, 3.63) is 0 Å². The second-order valence-corrected chi connectivity index (χ2v) is 10.1. The molecule has 6 nitrogen and oxygen atoms in total. The molecule has 0 aromatic heterocycles. The molecule has 1 aliphatic heterocycles. The van der Waals surface area contributed by atoms with E-state index in [1.54, 1.807) is 0 Å². The Morgan fingerprint density at radius 2 is 1.88 bits per heavy atom. The van der Waals surface area contributed by atoms with E-state index in [1.807, 2.05) is 13.3 Å². The van der Waals surface area contributed by atoms with Gasteiger partial charge in [-0.25, -0.2) is 0 Å². The highest BCUT2D eigenvalue weighted by molar-refractivity contribution is 8.12. The van der Waals surface area contributed by atoms with Crippen molar-refractivity contribution in [2.45, 2.75) is 62.6 Å². The van der Waals surface area contributed by atoms with Crippen molar-refractivity contribution in [1.82, 2.24) is 15.5 Å². The topological polar surface area (TPSA) is 81.7 Å². The highest BCUT2D eigenvalue weighted by Crippen LogP contribution is 2.61. The van der Waals surface area contributed by atoms with Crippen LogP contribution in [0.3, 0.4) is 0 Å². The van der Waals surface area contributed by atoms with Gasteiger partial charge in [-0.1, -0.05) is 11.8 Å². The molecule has 1 heterocycles. The SMILES string of the molecule is CSC(=O)NC12C[C@H]3C[C@@H](C1)CC(C(=O)N[C@@H]1C[C@@H](CO)N(C)C1)(C3)C2. The Balaban J connectivity index is 1.49. The molecule has 26 heavy (non-hydrogen) atoms. The third kappa shape index (κ3) is 3.16. The minimum absolute atomic E-state index is 0.0331. The van der Waals surface area contributed by atoms with Crippen LogP contribution in [0.25, 0.3) is 0 Å². The van der Waals surface area contributed by atoms with Crippen molar-refractivity contribution in [2.24, 2.45) is 17.3 Å². The maximum absolute atomic E-state index is 13.3. The van der Waals surface area contributed by atoms with Gasteiger partial charge in [0, 0.05) is 24.2 Å². The molecular weight excluding hydrogens is 350 g/mol. The van der Waals surface area contributed by atoms with Gasteiger partial charge in [-0.05, 0) is 70.1 Å². The zero-order valence-electron chi connectivity index (χ0n) is 15.8. The highest BCUT2D eigenvalue weighted by atomic mass is 32.2. The largest absolute Gasteiger partial charge is 0.395 e. The first kappa shape index (κ1) is 18.6. The van der Waals surface area contributed by atoms with E-state index in [1.165, 1.54) is 18.2 Å². The monoisotopic (exact) mass is 381 g/mol. The number of aliphatic hydroxyl groups excluding tert-OH is 1. The maximum Gasteiger partial charge on any atom is 0.279 e. The summed E-state index contributed by atoms with van der Waals surface area (Å²) < 4.78 is 0. The van der Waals surface area contributed by atoms with Crippen LogP contribution >= 0.6 is 11.8 Å². The Bertz CT molecular complexity index is 585. The summed E-state index contributed by atoms with van der Waals surface area (Å²) in [6, 6.07) is 0.262. The number of carbonyl (C=O) groups is 2. The van der Waals surface area contributed by atoms with Crippen LogP contribution in [0, 0.1) is 17.3 Å². The molecule has 6 atom stereocenters. The van der Waals surface area contributed by atoms with E-state index < -0.39 is 0 Å². The number of hydrogen-bond donors (Lipinski definition) is 3. The minimum atomic E-state index is -0.314. The number of aliphatic hydroxyl groups is 1. The molecule has 5 fully saturated rings. The van der Waals surface area contributed by atoms with Crippen LogP contribution in [0.5, 0.6) is 0 Å². The van der Waals surface area contributed by atoms with Gasteiger partial charge in [0.15, 0.2) is 0 Å². The van der Waals surface area contributed by atoms with E-state index in [2.05, 4.69) is 15.5 Å². The molecule has 0 spiro atoms. The molecule has 1 saturated heterocycles. The average molecular weight is 382 g/mol. The third-order valence-corrected chi connectivity index (χ3v) is 7.80. The van der Waals surface area contributed by atoms with E-state index in [0.29, 0.717) is 11.8 Å². The molecule has 4 saturated carbocycles. The van der Waals surface area contributed by atoms with Crippen LogP contribution in [-0.2, 0) is 4.79 Å². The van der Waals surface area contributed by atoms with Crippen LogP contribution in [-0.4, -0.2) is 65.2 Å². The van der Waals surface area contributed by atoms with E-state index in [9.17, 15) is 14.7 Å². The first-order chi connectivity index (χ1) is 12.4.